The van der Waals surface area contributed by atoms with E-state index >= 15 is 0 Å². The highest BCUT2D eigenvalue weighted by molar-refractivity contribution is 7.99. The van der Waals surface area contributed by atoms with Crippen LogP contribution in [0.4, 0.5) is 5.69 Å². The van der Waals surface area contributed by atoms with Gasteiger partial charge in [-0.05, 0) is 23.8 Å². The molecule has 0 aliphatic carbocycles. The molecule has 0 saturated carbocycles. The number of hydrogen-bond donors (Lipinski definition) is 2. The van der Waals surface area contributed by atoms with Crippen LogP contribution in [0.25, 0.3) is 0 Å². The Kier molecular flexibility index (Phi) is 3.63. The number of nitrogens with two attached hydrogens (primary N) is 2. The van der Waals surface area contributed by atoms with Crippen molar-refractivity contribution >= 4 is 17.4 Å². The molecule has 3 heteroatoms. The van der Waals surface area contributed by atoms with Crippen LogP contribution in [0, 0.1) is 0 Å². The first-order valence-electron chi connectivity index (χ1n) is 4.38. The summed E-state index contributed by atoms with van der Waals surface area (Å²) in [5.41, 5.74) is 13.1. The molecule has 72 valence electrons. The normalized spacial score (nSPS) is 10.8. The quantitative estimate of drug-likeness (QED) is 0.576. The van der Waals surface area contributed by atoms with Crippen molar-refractivity contribution in [3.05, 3.63) is 23.8 Å². The summed E-state index contributed by atoms with van der Waals surface area (Å²) in [6.45, 7) is 4.85. The molecule has 1 aromatic rings. The van der Waals surface area contributed by atoms with Crippen LogP contribution in [-0.2, 0) is 6.54 Å². The smallest absolute Gasteiger partial charge is 0.0360 e. The minimum absolute atomic E-state index is 0.512. The number of anilines is 1. The molecule has 0 atom stereocenters. The lowest BCUT2D eigenvalue weighted by Gasteiger charge is -2.08. The fourth-order valence-corrected chi connectivity index (χ4v) is 2.01. The Morgan fingerprint density at radius 2 is 2.08 bits per heavy atom. The van der Waals surface area contributed by atoms with Crippen molar-refractivity contribution in [3.8, 4) is 0 Å². The highest BCUT2D eigenvalue weighted by Gasteiger charge is 2.01. The molecule has 0 unspecified atom stereocenters. The van der Waals surface area contributed by atoms with Crippen LogP contribution in [-0.4, -0.2) is 5.25 Å². The Hall–Kier alpha value is -0.670. The van der Waals surface area contributed by atoms with E-state index in [1.54, 1.807) is 0 Å². The summed E-state index contributed by atoms with van der Waals surface area (Å²) in [6, 6.07) is 6.03. The van der Waals surface area contributed by atoms with Crippen molar-refractivity contribution < 1.29 is 0 Å². The average Bonchev–Trinajstić information content (AvgIpc) is 2.07. The molecular formula is C10H16N2S. The molecule has 0 aromatic heterocycles. The maximum absolute atomic E-state index is 5.74. The third-order valence-corrected chi connectivity index (χ3v) is 2.70. The van der Waals surface area contributed by atoms with Gasteiger partial charge < -0.3 is 11.5 Å². The molecule has 1 aromatic carbocycles. The zero-order valence-corrected chi connectivity index (χ0v) is 8.90. The molecule has 2 nitrogen and oxygen atoms in total. The van der Waals surface area contributed by atoms with E-state index in [0.29, 0.717) is 11.8 Å². The van der Waals surface area contributed by atoms with E-state index in [0.717, 1.165) is 11.3 Å². The Morgan fingerprint density at radius 3 is 2.62 bits per heavy atom. The van der Waals surface area contributed by atoms with E-state index in [1.807, 2.05) is 23.9 Å². The van der Waals surface area contributed by atoms with Gasteiger partial charge in [0.2, 0.25) is 0 Å². The monoisotopic (exact) mass is 196 g/mol. The Bertz CT molecular complexity index is 284. The van der Waals surface area contributed by atoms with E-state index in [1.165, 1.54) is 4.90 Å². The molecule has 0 heterocycles. The van der Waals surface area contributed by atoms with Crippen LogP contribution >= 0.6 is 11.8 Å². The number of nitrogen functional groups attached to an aromatic ring is 1. The Balaban J connectivity index is 2.86. The minimum atomic E-state index is 0.512. The van der Waals surface area contributed by atoms with Gasteiger partial charge in [0, 0.05) is 22.4 Å². The topological polar surface area (TPSA) is 52.0 Å². The largest absolute Gasteiger partial charge is 0.398 e. The van der Waals surface area contributed by atoms with Crippen molar-refractivity contribution in [1.82, 2.24) is 0 Å². The summed E-state index contributed by atoms with van der Waals surface area (Å²) in [7, 11) is 0. The molecule has 4 N–H and O–H groups in total. The SMILES string of the molecule is CC(C)Sc1ccc(N)c(CN)c1. The van der Waals surface area contributed by atoms with Gasteiger partial charge in [0.25, 0.3) is 0 Å². The predicted molar refractivity (Wildman–Crippen MR) is 59.7 cm³/mol. The lowest BCUT2D eigenvalue weighted by Crippen LogP contribution is -2.01. The van der Waals surface area contributed by atoms with Crippen molar-refractivity contribution in [2.24, 2.45) is 5.73 Å². The fraction of sp³-hybridized carbons (Fsp3) is 0.400. The summed E-state index contributed by atoms with van der Waals surface area (Å²) in [5, 5.41) is 0.592. The van der Waals surface area contributed by atoms with Gasteiger partial charge >= 0.3 is 0 Å². The van der Waals surface area contributed by atoms with Gasteiger partial charge in [-0.2, -0.15) is 0 Å². The predicted octanol–water partition coefficient (Wildman–Crippen LogP) is 2.23. The lowest BCUT2D eigenvalue weighted by atomic mass is 10.2. The first kappa shape index (κ1) is 10.4. The van der Waals surface area contributed by atoms with Crippen LogP contribution in [0.3, 0.4) is 0 Å². The molecule has 1 rings (SSSR count). The van der Waals surface area contributed by atoms with E-state index in [-0.39, 0.29) is 0 Å². The third kappa shape index (κ3) is 2.94. The van der Waals surface area contributed by atoms with Crippen LogP contribution < -0.4 is 11.5 Å². The van der Waals surface area contributed by atoms with Gasteiger partial charge in [0.15, 0.2) is 0 Å². The van der Waals surface area contributed by atoms with E-state index < -0.39 is 0 Å². The molecule has 0 aliphatic rings. The number of hydrogen-bond acceptors (Lipinski definition) is 3. The van der Waals surface area contributed by atoms with Crippen LogP contribution in [0.2, 0.25) is 0 Å². The summed E-state index contributed by atoms with van der Waals surface area (Å²) in [6.07, 6.45) is 0. The zero-order chi connectivity index (χ0) is 9.84. The van der Waals surface area contributed by atoms with Crippen molar-refractivity contribution in [2.45, 2.75) is 30.5 Å². The second kappa shape index (κ2) is 4.53. The number of rotatable bonds is 3. The Labute approximate surface area is 83.7 Å². The summed E-state index contributed by atoms with van der Waals surface area (Å²) in [5.74, 6) is 0. The molecule has 13 heavy (non-hydrogen) atoms. The molecule has 0 amide bonds. The molecular weight excluding hydrogens is 180 g/mol. The van der Waals surface area contributed by atoms with Crippen LogP contribution in [0.1, 0.15) is 19.4 Å². The zero-order valence-electron chi connectivity index (χ0n) is 8.08. The van der Waals surface area contributed by atoms with Crippen LogP contribution in [0.15, 0.2) is 23.1 Å². The summed E-state index contributed by atoms with van der Waals surface area (Å²) < 4.78 is 0. The summed E-state index contributed by atoms with van der Waals surface area (Å²) >= 11 is 1.83. The summed E-state index contributed by atoms with van der Waals surface area (Å²) in [4.78, 5) is 1.24. The van der Waals surface area contributed by atoms with Crippen molar-refractivity contribution in [2.75, 3.05) is 5.73 Å². The van der Waals surface area contributed by atoms with E-state index in [4.69, 9.17) is 11.5 Å². The minimum Gasteiger partial charge on any atom is -0.398 e. The van der Waals surface area contributed by atoms with Gasteiger partial charge in [-0.1, -0.05) is 13.8 Å². The van der Waals surface area contributed by atoms with Gasteiger partial charge in [-0.25, -0.2) is 0 Å². The van der Waals surface area contributed by atoms with E-state index in [9.17, 15) is 0 Å². The number of benzene rings is 1. The highest BCUT2D eigenvalue weighted by atomic mass is 32.2. The standard InChI is InChI=1S/C10H16N2S/c1-7(2)13-9-3-4-10(12)8(5-9)6-11/h3-5,7H,6,11-12H2,1-2H3. The van der Waals surface area contributed by atoms with Gasteiger partial charge in [0.1, 0.15) is 0 Å². The maximum Gasteiger partial charge on any atom is 0.0360 e. The molecule has 0 spiro atoms. The van der Waals surface area contributed by atoms with Crippen molar-refractivity contribution in [1.29, 1.82) is 0 Å². The molecule has 0 aliphatic heterocycles. The lowest BCUT2D eigenvalue weighted by molar-refractivity contribution is 1.06. The van der Waals surface area contributed by atoms with E-state index in [2.05, 4.69) is 19.9 Å². The second-order valence-corrected chi connectivity index (χ2v) is 4.88. The number of thioether (sulfide) groups is 1. The average molecular weight is 196 g/mol. The molecule has 0 radical (unpaired) electrons. The van der Waals surface area contributed by atoms with Gasteiger partial charge in [-0.15, -0.1) is 11.8 Å². The van der Waals surface area contributed by atoms with Gasteiger partial charge in [0.05, 0.1) is 0 Å². The molecule has 0 fully saturated rings. The Morgan fingerprint density at radius 1 is 1.38 bits per heavy atom. The molecule has 0 bridgehead atoms. The first-order chi connectivity index (χ1) is 6.13. The highest BCUT2D eigenvalue weighted by Crippen LogP contribution is 2.25. The fourth-order valence-electron chi connectivity index (χ4n) is 1.10. The van der Waals surface area contributed by atoms with Crippen molar-refractivity contribution in [3.63, 3.8) is 0 Å². The van der Waals surface area contributed by atoms with Gasteiger partial charge in [-0.3, -0.25) is 0 Å². The maximum atomic E-state index is 5.74. The molecule has 0 saturated heterocycles. The van der Waals surface area contributed by atoms with Crippen LogP contribution in [0.5, 0.6) is 0 Å². The third-order valence-electron chi connectivity index (χ3n) is 1.71. The second-order valence-electron chi connectivity index (χ2n) is 3.23. The first-order valence-corrected chi connectivity index (χ1v) is 5.26.